The van der Waals surface area contributed by atoms with Crippen molar-refractivity contribution in [3.05, 3.63) is 108 Å². The molecule has 4 aromatic carbocycles. The van der Waals surface area contributed by atoms with Crippen LogP contribution in [0.3, 0.4) is 0 Å². The lowest BCUT2D eigenvalue weighted by atomic mass is 10.1. The third kappa shape index (κ3) is 6.02. The number of carbonyl (C=O) groups is 2. The van der Waals surface area contributed by atoms with E-state index in [0.29, 0.717) is 16.8 Å². The summed E-state index contributed by atoms with van der Waals surface area (Å²) < 4.78 is 10.4. The summed E-state index contributed by atoms with van der Waals surface area (Å²) in [6.07, 6.45) is 1.64. The zero-order valence-corrected chi connectivity index (χ0v) is 21.5. The monoisotopic (exact) mass is 518 g/mol. The molecule has 0 saturated carbocycles. The minimum Gasteiger partial charge on any atom is -0.497 e. The molecule has 0 aliphatic heterocycles. The van der Waals surface area contributed by atoms with E-state index in [0.717, 1.165) is 39.5 Å². The number of amides is 1. The quantitative estimate of drug-likeness (QED) is 0.189. The van der Waals surface area contributed by atoms with Crippen LogP contribution in [0.4, 0.5) is 5.69 Å². The smallest absolute Gasteiger partial charge is 0.255 e. The summed E-state index contributed by atoms with van der Waals surface area (Å²) in [4.78, 5) is 37.5. The Morgan fingerprint density at radius 1 is 0.872 bits per heavy atom. The number of fused-ring (bicyclic) bond motifs is 1. The molecular formula is C31H26N4O4. The number of ether oxygens (including phenoxy) is 2. The number of rotatable bonds is 9. The number of hydrogen-bond donors (Lipinski definition) is 2. The summed E-state index contributed by atoms with van der Waals surface area (Å²) in [6, 6.07) is 27.1. The molecule has 1 heterocycles. The molecule has 1 amide bonds. The van der Waals surface area contributed by atoms with E-state index in [1.807, 2.05) is 60.7 Å². The Bertz CT molecular complexity index is 1650. The highest BCUT2D eigenvalue weighted by molar-refractivity contribution is 6.06. The molecule has 0 fully saturated rings. The summed E-state index contributed by atoms with van der Waals surface area (Å²) in [5.41, 5.74) is 4.92. The van der Waals surface area contributed by atoms with E-state index in [4.69, 9.17) is 9.47 Å². The molecule has 39 heavy (non-hydrogen) atoms. The van der Waals surface area contributed by atoms with E-state index in [9.17, 15) is 9.59 Å². The molecule has 0 bridgehead atoms. The Hall–Kier alpha value is -5.24. The summed E-state index contributed by atoms with van der Waals surface area (Å²) in [5.74, 6) is 1.80. The number of nitrogens with zero attached hydrogens (tertiary/aromatic N) is 2. The molecule has 0 radical (unpaired) electrons. The number of H-pyrrole nitrogens is 1. The predicted molar refractivity (Wildman–Crippen MR) is 152 cm³/mol. The first-order valence-electron chi connectivity index (χ1n) is 12.2. The molecule has 0 spiro atoms. The number of aromatic amines is 1. The van der Waals surface area contributed by atoms with Crippen LogP contribution in [0.2, 0.25) is 0 Å². The van der Waals surface area contributed by atoms with Gasteiger partial charge in [0, 0.05) is 28.6 Å². The van der Waals surface area contributed by atoms with E-state index < -0.39 is 0 Å². The maximum absolute atomic E-state index is 12.8. The zero-order valence-electron chi connectivity index (χ0n) is 21.5. The van der Waals surface area contributed by atoms with E-state index in [1.165, 1.54) is 0 Å². The number of Topliss-reactive ketones (excluding diaryl/α,β-unsaturated/α-hetero) is 1. The highest BCUT2D eigenvalue weighted by Crippen LogP contribution is 2.25. The second kappa shape index (κ2) is 11.4. The van der Waals surface area contributed by atoms with Crippen LogP contribution in [0.1, 0.15) is 26.3 Å². The Labute approximate surface area is 225 Å². The fourth-order valence-electron chi connectivity index (χ4n) is 4.03. The lowest BCUT2D eigenvalue weighted by molar-refractivity contribution is 0.0997. The van der Waals surface area contributed by atoms with Gasteiger partial charge in [-0.15, -0.1) is 0 Å². The number of nitrogens with one attached hydrogen (secondary N) is 2. The summed E-state index contributed by atoms with van der Waals surface area (Å²) in [5, 5.41) is 2.90. The van der Waals surface area contributed by atoms with Gasteiger partial charge in [-0.1, -0.05) is 24.3 Å². The lowest BCUT2D eigenvalue weighted by Crippen LogP contribution is -2.12. The van der Waals surface area contributed by atoms with Gasteiger partial charge >= 0.3 is 0 Å². The first kappa shape index (κ1) is 25.4. The molecule has 8 nitrogen and oxygen atoms in total. The highest BCUT2D eigenvalue weighted by Gasteiger charge is 2.11. The highest BCUT2D eigenvalue weighted by atomic mass is 16.5. The van der Waals surface area contributed by atoms with Crippen LogP contribution in [-0.4, -0.2) is 48.6 Å². The number of imidazole rings is 1. The molecule has 0 saturated heterocycles. The van der Waals surface area contributed by atoms with Crippen molar-refractivity contribution < 1.29 is 19.1 Å². The van der Waals surface area contributed by atoms with E-state index in [-0.39, 0.29) is 18.2 Å². The SMILES string of the molecule is COc1ccc(-c2nc3ccc(NC(=O)c4ccc(C(=O)CN=Cc5cccc(OC)c5)cc4)cc3[nH]2)cc1. The second-order valence-corrected chi connectivity index (χ2v) is 8.75. The fourth-order valence-corrected chi connectivity index (χ4v) is 4.03. The van der Waals surface area contributed by atoms with Crippen LogP contribution in [0.25, 0.3) is 22.4 Å². The van der Waals surface area contributed by atoms with Crippen molar-refractivity contribution in [2.24, 2.45) is 4.99 Å². The first-order valence-corrected chi connectivity index (χ1v) is 12.2. The molecule has 194 valence electrons. The standard InChI is InChI=1S/C31H26N4O4/c1-38-25-13-10-22(11-14-25)30-34-27-15-12-24(17-28(27)35-30)33-31(37)23-8-6-21(7-9-23)29(36)19-32-18-20-4-3-5-26(16-20)39-2/h3-18H,19H2,1-2H3,(H,33,37)(H,34,35). The number of ketones is 1. The molecule has 0 atom stereocenters. The molecule has 8 heteroatoms. The van der Waals surface area contributed by atoms with Crippen LogP contribution in [-0.2, 0) is 0 Å². The maximum Gasteiger partial charge on any atom is 0.255 e. The van der Waals surface area contributed by atoms with Crippen molar-refractivity contribution in [3.8, 4) is 22.9 Å². The predicted octanol–water partition coefficient (Wildman–Crippen LogP) is 5.80. The molecule has 2 N–H and O–H groups in total. The van der Waals surface area contributed by atoms with Gasteiger partial charge in [-0.2, -0.15) is 0 Å². The van der Waals surface area contributed by atoms with Gasteiger partial charge in [0.25, 0.3) is 5.91 Å². The van der Waals surface area contributed by atoms with Gasteiger partial charge in [0.1, 0.15) is 23.9 Å². The van der Waals surface area contributed by atoms with Gasteiger partial charge in [0.05, 0.1) is 25.3 Å². The topological polar surface area (TPSA) is 106 Å². The molecule has 5 rings (SSSR count). The third-order valence-corrected chi connectivity index (χ3v) is 6.14. The summed E-state index contributed by atoms with van der Waals surface area (Å²) in [6.45, 7) is 0.00542. The molecule has 0 unspecified atom stereocenters. The fraction of sp³-hybridized carbons (Fsp3) is 0.0968. The van der Waals surface area contributed by atoms with Crippen molar-refractivity contribution in [1.82, 2.24) is 9.97 Å². The number of anilines is 1. The Morgan fingerprint density at radius 3 is 2.36 bits per heavy atom. The zero-order chi connectivity index (χ0) is 27.2. The number of hydrogen-bond acceptors (Lipinski definition) is 6. The van der Waals surface area contributed by atoms with Crippen molar-refractivity contribution in [1.29, 1.82) is 0 Å². The van der Waals surface area contributed by atoms with Crippen LogP contribution in [0.5, 0.6) is 11.5 Å². The number of aromatic nitrogens is 2. The van der Waals surface area contributed by atoms with Gasteiger partial charge in [-0.25, -0.2) is 4.98 Å². The number of aliphatic imine (C=N–C) groups is 1. The molecular weight excluding hydrogens is 492 g/mol. The van der Waals surface area contributed by atoms with E-state index in [1.54, 1.807) is 50.8 Å². The largest absolute Gasteiger partial charge is 0.497 e. The van der Waals surface area contributed by atoms with Gasteiger partial charge in [-0.05, 0) is 72.3 Å². The van der Waals surface area contributed by atoms with Gasteiger partial charge in [-0.3, -0.25) is 14.6 Å². The van der Waals surface area contributed by atoms with Crippen molar-refractivity contribution in [2.75, 3.05) is 26.1 Å². The van der Waals surface area contributed by atoms with Gasteiger partial charge < -0.3 is 19.8 Å². The Balaban J connectivity index is 1.21. The molecule has 0 aliphatic rings. The number of benzene rings is 4. The Kier molecular flexibility index (Phi) is 7.45. The number of carbonyl (C=O) groups excluding carboxylic acids is 2. The van der Waals surface area contributed by atoms with Crippen molar-refractivity contribution in [2.45, 2.75) is 0 Å². The van der Waals surface area contributed by atoms with Crippen molar-refractivity contribution in [3.63, 3.8) is 0 Å². The third-order valence-electron chi connectivity index (χ3n) is 6.14. The van der Waals surface area contributed by atoms with Gasteiger partial charge in [0.2, 0.25) is 0 Å². The Morgan fingerprint density at radius 2 is 1.62 bits per heavy atom. The minimum absolute atomic E-state index is 0.00542. The average molecular weight is 519 g/mol. The van der Waals surface area contributed by atoms with Crippen LogP contribution < -0.4 is 14.8 Å². The van der Waals surface area contributed by atoms with Crippen LogP contribution in [0, 0.1) is 0 Å². The van der Waals surface area contributed by atoms with Crippen LogP contribution >= 0.6 is 0 Å². The minimum atomic E-state index is -0.278. The van der Waals surface area contributed by atoms with Crippen LogP contribution in [0.15, 0.2) is 96.0 Å². The normalized spacial score (nSPS) is 11.0. The second-order valence-electron chi connectivity index (χ2n) is 8.75. The summed E-state index contributed by atoms with van der Waals surface area (Å²) >= 11 is 0. The maximum atomic E-state index is 12.8. The summed E-state index contributed by atoms with van der Waals surface area (Å²) in [7, 11) is 3.23. The van der Waals surface area contributed by atoms with E-state index in [2.05, 4.69) is 20.3 Å². The van der Waals surface area contributed by atoms with Crippen molar-refractivity contribution >= 4 is 34.6 Å². The molecule has 0 aliphatic carbocycles. The van der Waals surface area contributed by atoms with E-state index >= 15 is 0 Å². The number of methoxy groups -OCH3 is 2. The lowest BCUT2D eigenvalue weighted by Gasteiger charge is -2.06. The molecule has 1 aromatic heterocycles. The van der Waals surface area contributed by atoms with Gasteiger partial charge in [0.15, 0.2) is 5.78 Å². The molecule has 5 aromatic rings. The first-order chi connectivity index (χ1) is 19.0. The average Bonchev–Trinajstić information content (AvgIpc) is 3.41.